The lowest BCUT2D eigenvalue weighted by Crippen LogP contribution is -2.09. The third kappa shape index (κ3) is 3.54. The van der Waals surface area contributed by atoms with Gasteiger partial charge in [0.05, 0.1) is 0 Å². The van der Waals surface area contributed by atoms with Crippen LogP contribution in [-0.2, 0) is 0 Å². The summed E-state index contributed by atoms with van der Waals surface area (Å²) in [5, 5.41) is 4.20. The summed E-state index contributed by atoms with van der Waals surface area (Å²) in [6, 6.07) is 45.2. The van der Waals surface area contributed by atoms with Crippen molar-refractivity contribution in [2.24, 2.45) is 0 Å². The monoisotopic (exact) mass is 542 g/mol. The zero-order valence-corrected chi connectivity index (χ0v) is 22.3. The Morgan fingerprint density at radius 2 is 1.00 bits per heavy atom. The van der Waals surface area contributed by atoms with Crippen LogP contribution in [0.25, 0.3) is 66.4 Å². The fraction of sp³-hybridized carbons (Fsp3) is 0. The standard InChI is InChI=1S/C37H22N2O3/c1-3-9-23(10-4-1)37-38-31-21-30-29-20-26(16-18-34(29)41-35(30)22-36(31)42-37)39(24-11-5-2-6-12-24)25-15-17-33-28(19-25)27-13-7-8-14-32(27)40-33/h1-22H. The molecule has 0 saturated heterocycles. The van der Waals surface area contributed by atoms with Gasteiger partial charge in [-0.1, -0.05) is 54.6 Å². The van der Waals surface area contributed by atoms with Crippen LogP contribution >= 0.6 is 0 Å². The van der Waals surface area contributed by atoms with Crippen molar-refractivity contribution < 1.29 is 13.3 Å². The Bertz CT molecular complexity index is 2420. The molecule has 42 heavy (non-hydrogen) atoms. The van der Waals surface area contributed by atoms with Crippen molar-refractivity contribution in [1.29, 1.82) is 0 Å². The summed E-state index contributed by atoms with van der Waals surface area (Å²) in [4.78, 5) is 7.06. The lowest BCUT2D eigenvalue weighted by atomic mass is 10.1. The van der Waals surface area contributed by atoms with E-state index in [2.05, 4.69) is 71.6 Å². The van der Waals surface area contributed by atoms with Crippen LogP contribution in [0.3, 0.4) is 0 Å². The molecule has 0 amide bonds. The normalized spacial score (nSPS) is 11.8. The van der Waals surface area contributed by atoms with Crippen LogP contribution in [0.2, 0.25) is 0 Å². The number of aromatic nitrogens is 1. The molecule has 3 aromatic heterocycles. The second kappa shape index (κ2) is 8.85. The predicted octanol–water partition coefficient (Wildman–Crippen LogP) is 10.8. The van der Waals surface area contributed by atoms with Gasteiger partial charge in [0.2, 0.25) is 5.89 Å². The number of rotatable bonds is 4. The van der Waals surface area contributed by atoms with Crippen molar-refractivity contribution in [3.8, 4) is 11.5 Å². The number of para-hydroxylation sites is 2. The molecule has 0 spiro atoms. The van der Waals surface area contributed by atoms with Crippen LogP contribution < -0.4 is 4.90 Å². The fourth-order valence-corrected chi connectivity index (χ4v) is 5.91. The fourth-order valence-electron chi connectivity index (χ4n) is 5.91. The summed E-state index contributed by atoms with van der Waals surface area (Å²) in [6.07, 6.45) is 0. The molecule has 0 bridgehead atoms. The molecule has 0 N–H and O–H groups in total. The average Bonchev–Trinajstić information content (AvgIpc) is 3.73. The zero-order valence-electron chi connectivity index (χ0n) is 22.3. The maximum absolute atomic E-state index is 6.30. The predicted molar refractivity (Wildman–Crippen MR) is 169 cm³/mol. The molecule has 0 radical (unpaired) electrons. The van der Waals surface area contributed by atoms with Gasteiger partial charge in [-0.15, -0.1) is 0 Å². The minimum absolute atomic E-state index is 0.598. The van der Waals surface area contributed by atoms with Crippen LogP contribution in [0.15, 0.2) is 147 Å². The molecule has 0 unspecified atom stereocenters. The highest BCUT2D eigenvalue weighted by atomic mass is 16.4. The number of hydrogen-bond acceptors (Lipinski definition) is 5. The first kappa shape index (κ1) is 22.9. The van der Waals surface area contributed by atoms with E-state index in [9.17, 15) is 0 Å². The largest absolute Gasteiger partial charge is 0.456 e. The molecule has 3 heterocycles. The van der Waals surface area contributed by atoms with E-state index in [-0.39, 0.29) is 0 Å². The Balaban J connectivity index is 1.23. The molecule has 0 aliphatic carbocycles. The van der Waals surface area contributed by atoms with E-state index in [0.717, 1.165) is 72.0 Å². The highest BCUT2D eigenvalue weighted by Crippen LogP contribution is 2.41. The number of anilines is 3. The van der Waals surface area contributed by atoms with Gasteiger partial charge in [-0.2, -0.15) is 0 Å². The third-order valence-corrected chi connectivity index (χ3v) is 7.87. The van der Waals surface area contributed by atoms with Crippen molar-refractivity contribution in [1.82, 2.24) is 4.98 Å². The van der Waals surface area contributed by atoms with Gasteiger partial charge in [0, 0.05) is 50.2 Å². The molecule has 0 atom stereocenters. The maximum atomic E-state index is 6.30. The van der Waals surface area contributed by atoms with Gasteiger partial charge in [-0.05, 0) is 72.8 Å². The van der Waals surface area contributed by atoms with Crippen LogP contribution in [0.4, 0.5) is 17.1 Å². The van der Waals surface area contributed by atoms with E-state index in [1.165, 1.54) is 0 Å². The Morgan fingerprint density at radius 1 is 0.405 bits per heavy atom. The molecular formula is C37H22N2O3. The summed E-state index contributed by atoms with van der Waals surface area (Å²) in [5.74, 6) is 0.598. The Morgan fingerprint density at radius 3 is 1.76 bits per heavy atom. The van der Waals surface area contributed by atoms with Crippen molar-refractivity contribution in [2.75, 3.05) is 4.90 Å². The molecule has 5 heteroatoms. The second-order valence-electron chi connectivity index (χ2n) is 10.4. The molecule has 198 valence electrons. The van der Waals surface area contributed by atoms with Crippen molar-refractivity contribution in [3.63, 3.8) is 0 Å². The minimum Gasteiger partial charge on any atom is -0.456 e. The molecule has 6 aromatic carbocycles. The van der Waals surface area contributed by atoms with Crippen molar-refractivity contribution in [3.05, 3.63) is 133 Å². The van der Waals surface area contributed by atoms with E-state index in [1.807, 2.05) is 66.7 Å². The lowest BCUT2D eigenvalue weighted by Gasteiger charge is -2.25. The number of hydrogen-bond donors (Lipinski definition) is 0. The first-order valence-electron chi connectivity index (χ1n) is 13.9. The zero-order chi connectivity index (χ0) is 27.6. The summed E-state index contributed by atoms with van der Waals surface area (Å²) < 4.78 is 18.5. The highest BCUT2D eigenvalue weighted by molar-refractivity contribution is 6.11. The quantitative estimate of drug-likeness (QED) is 0.221. The van der Waals surface area contributed by atoms with E-state index in [1.54, 1.807) is 0 Å². The van der Waals surface area contributed by atoms with E-state index >= 15 is 0 Å². The number of benzene rings is 6. The maximum Gasteiger partial charge on any atom is 0.227 e. The van der Waals surface area contributed by atoms with Gasteiger partial charge in [-0.25, -0.2) is 4.98 Å². The number of nitrogens with zero attached hydrogens (tertiary/aromatic N) is 2. The summed E-state index contributed by atoms with van der Waals surface area (Å²) in [5.41, 5.74) is 8.90. The van der Waals surface area contributed by atoms with Gasteiger partial charge in [0.1, 0.15) is 27.8 Å². The highest BCUT2D eigenvalue weighted by Gasteiger charge is 2.18. The van der Waals surface area contributed by atoms with Crippen LogP contribution in [0, 0.1) is 0 Å². The van der Waals surface area contributed by atoms with E-state index < -0.39 is 0 Å². The molecule has 9 aromatic rings. The molecule has 0 fully saturated rings. The minimum atomic E-state index is 0.598. The number of furan rings is 2. The van der Waals surface area contributed by atoms with Gasteiger partial charge in [0.15, 0.2) is 5.58 Å². The van der Waals surface area contributed by atoms with Gasteiger partial charge in [-0.3, -0.25) is 0 Å². The van der Waals surface area contributed by atoms with Crippen molar-refractivity contribution in [2.45, 2.75) is 0 Å². The topological polar surface area (TPSA) is 55.6 Å². The van der Waals surface area contributed by atoms with E-state index in [4.69, 9.17) is 18.2 Å². The lowest BCUT2D eigenvalue weighted by molar-refractivity contribution is 0.617. The van der Waals surface area contributed by atoms with Gasteiger partial charge < -0.3 is 18.2 Å². The van der Waals surface area contributed by atoms with Crippen molar-refractivity contribution >= 4 is 72.0 Å². The molecular weight excluding hydrogens is 520 g/mol. The second-order valence-corrected chi connectivity index (χ2v) is 10.4. The molecule has 0 aliphatic rings. The van der Waals surface area contributed by atoms with Crippen LogP contribution in [-0.4, -0.2) is 4.98 Å². The summed E-state index contributed by atoms with van der Waals surface area (Å²) in [7, 11) is 0. The van der Waals surface area contributed by atoms with Gasteiger partial charge >= 0.3 is 0 Å². The molecule has 0 aliphatic heterocycles. The van der Waals surface area contributed by atoms with Crippen LogP contribution in [0.5, 0.6) is 0 Å². The van der Waals surface area contributed by atoms with Gasteiger partial charge in [0.25, 0.3) is 0 Å². The van der Waals surface area contributed by atoms with E-state index in [0.29, 0.717) is 11.5 Å². The Labute approximate surface area is 239 Å². The summed E-state index contributed by atoms with van der Waals surface area (Å²) in [6.45, 7) is 0. The summed E-state index contributed by atoms with van der Waals surface area (Å²) >= 11 is 0. The Hall–Kier alpha value is -5.81. The Kier molecular flexibility index (Phi) is 4.83. The molecule has 5 nitrogen and oxygen atoms in total. The molecule has 9 rings (SSSR count). The first-order chi connectivity index (χ1) is 20.8. The smallest absolute Gasteiger partial charge is 0.227 e. The number of oxazole rings is 1. The average molecular weight is 543 g/mol. The number of fused-ring (bicyclic) bond motifs is 7. The van der Waals surface area contributed by atoms with Crippen LogP contribution in [0.1, 0.15) is 0 Å². The SMILES string of the molecule is c1ccc(-c2nc3cc4c(cc3o2)oc2ccc(N(c3ccccc3)c3ccc5oc6ccccc6c5c3)cc24)cc1. The third-order valence-electron chi connectivity index (χ3n) is 7.87. The molecule has 0 saturated carbocycles. The first-order valence-corrected chi connectivity index (χ1v) is 13.9.